The van der Waals surface area contributed by atoms with Gasteiger partial charge >= 0.3 is 0 Å². The summed E-state index contributed by atoms with van der Waals surface area (Å²) >= 11 is 0. The van der Waals surface area contributed by atoms with E-state index in [4.69, 9.17) is 0 Å². The molecule has 0 aliphatic heterocycles. The van der Waals surface area contributed by atoms with Gasteiger partial charge in [0.05, 0.1) is 11.1 Å². The summed E-state index contributed by atoms with van der Waals surface area (Å²) in [6.45, 7) is 2.18. The van der Waals surface area contributed by atoms with E-state index in [0.717, 1.165) is 56.2 Å². The molecule has 0 radical (unpaired) electrons. The fourth-order valence-electron chi connectivity index (χ4n) is 4.56. The van der Waals surface area contributed by atoms with Crippen LogP contribution in [0.4, 0.5) is 26.3 Å². The van der Waals surface area contributed by atoms with Crippen molar-refractivity contribution >= 4 is 16.8 Å². The van der Waals surface area contributed by atoms with E-state index < -0.39 is 34.9 Å². The van der Waals surface area contributed by atoms with E-state index in [2.05, 4.69) is 18.8 Å². The third kappa shape index (κ3) is 4.99. The first kappa shape index (κ1) is 23.9. The van der Waals surface area contributed by atoms with Gasteiger partial charge in [-0.1, -0.05) is 37.3 Å². The molecule has 0 unspecified atom stereocenters. The Kier molecular flexibility index (Phi) is 7.02. The number of hydrogen-bond acceptors (Lipinski definition) is 0. The average Bonchev–Trinajstić information content (AvgIpc) is 2.80. The van der Waals surface area contributed by atoms with Crippen LogP contribution in [-0.2, 0) is 0 Å². The number of rotatable bonds is 3. The van der Waals surface area contributed by atoms with Gasteiger partial charge in [-0.05, 0) is 66.8 Å². The van der Waals surface area contributed by atoms with Crippen molar-refractivity contribution < 1.29 is 26.3 Å². The number of fused-ring (bicyclic) bond motifs is 1. The first-order chi connectivity index (χ1) is 16.3. The van der Waals surface area contributed by atoms with E-state index in [1.807, 2.05) is 0 Å². The molecule has 1 aliphatic carbocycles. The lowest BCUT2D eigenvalue weighted by Gasteiger charge is -2.24. The zero-order valence-electron chi connectivity index (χ0n) is 18.5. The van der Waals surface area contributed by atoms with Crippen LogP contribution in [0.1, 0.15) is 50.2 Å². The molecule has 4 rings (SSSR count). The van der Waals surface area contributed by atoms with E-state index in [0.29, 0.717) is 0 Å². The van der Waals surface area contributed by atoms with E-state index in [-0.39, 0.29) is 39.5 Å². The van der Waals surface area contributed by atoms with E-state index >= 15 is 0 Å². The SMILES string of the molecule is CCC1CCC(C#Cc2cc(F)c(-c3ccc4c(F)c(C=C(F)F)c(F)cc4c3)c(F)c2)CC1. The van der Waals surface area contributed by atoms with Crippen molar-refractivity contribution in [3.8, 4) is 23.0 Å². The maximum atomic E-state index is 14.9. The Morgan fingerprint density at radius 3 is 2.21 bits per heavy atom. The minimum atomic E-state index is -2.24. The fraction of sp³-hybridized carbons (Fsp3) is 0.286. The van der Waals surface area contributed by atoms with Gasteiger partial charge in [-0.15, -0.1) is 0 Å². The lowest BCUT2D eigenvalue weighted by molar-refractivity contribution is 0.309. The molecule has 1 saturated carbocycles. The number of hydrogen-bond donors (Lipinski definition) is 0. The van der Waals surface area contributed by atoms with Crippen LogP contribution < -0.4 is 0 Å². The van der Waals surface area contributed by atoms with Crippen molar-refractivity contribution in [3.05, 3.63) is 76.9 Å². The van der Waals surface area contributed by atoms with Gasteiger partial charge in [0, 0.05) is 22.9 Å². The fourth-order valence-corrected chi connectivity index (χ4v) is 4.56. The van der Waals surface area contributed by atoms with Crippen molar-refractivity contribution in [1.82, 2.24) is 0 Å². The van der Waals surface area contributed by atoms with E-state index in [1.165, 1.54) is 18.2 Å². The van der Waals surface area contributed by atoms with Crippen LogP contribution in [0.2, 0.25) is 0 Å². The molecule has 0 N–H and O–H groups in total. The maximum Gasteiger partial charge on any atom is 0.271 e. The van der Waals surface area contributed by atoms with Crippen LogP contribution in [0, 0.1) is 46.9 Å². The van der Waals surface area contributed by atoms with Gasteiger partial charge in [0.25, 0.3) is 6.08 Å². The highest BCUT2D eigenvalue weighted by Crippen LogP contribution is 2.33. The molecule has 1 fully saturated rings. The molecule has 176 valence electrons. The van der Waals surface area contributed by atoms with Crippen LogP contribution >= 0.6 is 0 Å². The molecule has 0 spiro atoms. The Balaban J connectivity index is 1.65. The largest absolute Gasteiger partial charge is 0.271 e. The average molecular weight is 472 g/mol. The second kappa shape index (κ2) is 9.97. The molecule has 0 bridgehead atoms. The normalized spacial score (nSPS) is 17.9. The Morgan fingerprint density at radius 1 is 0.912 bits per heavy atom. The molecule has 0 atom stereocenters. The molecule has 0 amide bonds. The third-order valence-electron chi connectivity index (χ3n) is 6.49. The Labute approximate surface area is 194 Å². The van der Waals surface area contributed by atoms with Crippen molar-refractivity contribution in [2.75, 3.05) is 0 Å². The monoisotopic (exact) mass is 472 g/mol. The van der Waals surface area contributed by atoms with Crippen molar-refractivity contribution in [1.29, 1.82) is 0 Å². The van der Waals surface area contributed by atoms with Crippen LogP contribution in [0.3, 0.4) is 0 Å². The first-order valence-corrected chi connectivity index (χ1v) is 11.2. The molecule has 1 aliphatic rings. The maximum absolute atomic E-state index is 14.9. The summed E-state index contributed by atoms with van der Waals surface area (Å²) in [5.41, 5.74) is -0.934. The molecule has 0 nitrogen and oxygen atoms in total. The van der Waals surface area contributed by atoms with Gasteiger partial charge in [0.1, 0.15) is 23.3 Å². The lowest BCUT2D eigenvalue weighted by atomic mass is 9.81. The van der Waals surface area contributed by atoms with Crippen LogP contribution in [0.25, 0.3) is 28.0 Å². The number of benzene rings is 3. The predicted octanol–water partition coefficient (Wildman–Crippen LogP) is 8.87. The van der Waals surface area contributed by atoms with E-state index in [9.17, 15) is 26.3 Å². The molecule has 0 aromatic heterocycles. The van der Waals surface area contributed by atoms with Crippen LogP contribution in [-0.4, -0.2) is 0 Å². The Hall–Kier alpha value is -3.20. The zero-order valence-corrected chi connectivity index (χ0v) is 18.5. The summed E-state index contributed by atoms with van der Waals surface area (Å²) in [4.78, 5) is 0. The highest BCUT2D eigenvalue weighted by Gasteiger charge is 2.19. The van der Waals surface area contributed by atoms with Gasteiger partial charge in [-0.3, -0.25) is 0 Å². The first-order valence-electron chi connectivity index (χ1n) is 11.2. The van der Waals surface area contributed by atoms with Gasteiger partial charge in [-0.2, -0.15) is 8.78 Å². The van der Waals surface area contributed by atoms with Gasteiger partial charge < -0.3 is 0 Å². The second-order valence-electron chi connectivity index (χ2n) is 8.67. The Morgan fingerprint density at radius 2 is 1.59 bits per heavy atom. The standard InChI is InChI=1S/C28H22F6/c1-2-16-3-5-17(6-4-16)7-8-18-11-24(30)27(25(31)12-18)19-9-10-21-20(13-19)14-23(29)22(28(21)34)15-26(32)33/h9-17H,2-6H2,1H3. The second-order valence-corrected chi connectivity index (χ2v) is 8.67. The molecule has 6 heteroatoms. The van der Waals surface area contributed by atoms with Gasteiger partial charge in [0.15, 0.2) is 0 Å². The minimum absolute atomic E-state index is 0.00531. The summed E-state index contributed by atoms with van der Waals surface area (Å²) in [5.74, 6) is 2.87. The summed E-state index contributed by atoms with van der Waals surface area (Å²) < 4.78 is 83.5. The molecular weight excluding hydrogens is 450 g/mol. The molecule has 0 heterocycles. The molecular formula is C28H22F6. The van der Waals surface area contributed by atoms with Crippen molar-refractivity contribution in [2.24, 2.45) is 11.8 Å². The quantitative estimate of drug-likeness (QED) is 0.264. The van der Waals surface area contributed by atoms with E-state index in [1.54, 1.807) is 0 Å². The Bertz CT molecular complexity index is 1290. The van der Waals surface area contributed by atoms with Gasteiger partial charge in [-0.25, -0.2) is 17.6 Å². The molecule has 34 heavy (non-hydrogen) atoms. The summed E-state index contributed by atoms with van der Waals surface area (Å²) in [6.07, 6.45) is 3.20. The van der Waals surface area contributed by atoms with Crippen molar-refractivity contribution in [2.45, 2.75) is 39.0 Å². The topological polar surface area (TPSA) is 0 Å². The lowest BCUT2D eigenvalue weighted by Crippen LogP contribution is -2.12. The van der Waals surface area contributed by atoms with Crippen LogP contribution in [0.5, 0.6) is 0 Å². The molecule has 3 aromatic rings. The van der Waals surface area contributed by atoms with Crippen molar-refractivity contribution in [3.63, 3.8) is 0 Å². The number of halogens is 6. The van der Waals surface area contributed by atoms with Crippen LogP contribution in [0.15, 0.2) is 42.5 Å². The molecule has 0 saturated heterocycles. The highest BCUT2D eigenvalue weighted by atomic mass is 19.3. The highest BCUT2D eigenvalue weighted by molar-refractivity contribution is 5.90. The summed E-state index contributed by atoms with van der Waals surface area (Å²) in [6, 6.07) is 6.83. The smallest absolute Gasteiger partial charge is 0.206 e. The minimum Gasteiger partial charge on any atom is -0.206 e. The molecule has 3 aromatic carbocycles. The third-order valence-corrected chi connectivity index (χ3v) is 6.49. The predicted molar refractivity (Wildman–Crippen MR) is 122 cm³/mol. The summed E-state index contributed by atoms with van der Waals surface area (Å²) in [7, 11) is 0. The zero-order chi connectivity index (χ0) is 24.4. The summed E-state index contributed by atoms with van der Waals surface area (Å²) in [5, 5.41) is -0.145. The van der Waals surface area contributed by atoms with Gasteiger partial charge in [0.2, 0.25) is 0 Å².